The maximum Gasteiger partial charge on any atom is 0.253 e. The van der Waals surface area contributed by atoms with Gasteiger partial charge in [-0.25, -0.2) is 4.98 Å². The Labute approximate surface area is 141 Å². The van der Waals surface area contributed by atoms with Gasteiger partial charge in [0.2, 0.25) is 0 Å². The molecule has 1 unspecified atom stereocenters. The Bertz CT molecular complexity index is 717. The van der Waals surface area contributed by atoms with Crippen molar-refractivity contribution in [1.82, 2.24) is 20.0 Å². The van der Waals surface area contributed by atoms with E-state index < -0.39 is 0 Å². The molecule has 0 radical (unpaired) electrons. The summed E-state index contributed by atoms with van der Waals surface area (Å²) in [5, 5.41) is 16.3. The van der Waals surface area contributed by atoms with E-state index in [2.05, 4.69) is 15.6 Å². The van der Waals surface area contributed by atoms with Crippen molar-refractivity contribution in [3.63, 3.8) is 0 Å². The van der Waals surface area contributed by atoms with Crippen LogP contribution in [0.15, 0.2) is 30.7 Å². The normalized spacial score (nSPS) is 26.0. The lowest BCUT2D eigenvalue weighted by molar-refractivity contribution is 0.00918. The van der Waals surface area contributed by atoms with Gasteiger partial charge in [-0.3, -0.25) is 4.79 Å². The highest BCUT2D eigenvalue weighted by molar-refractivity contribution is 5.94. The Kier molecular flexibility index (Phi) is 4.24. The number of pyridine rings is 1. The van der Waals surface area contributed by atoms with Gasteiger partial charge in [0, 0.05) is 24.6 Å². The van der Waals surface area contributed by atoms with Gasteiger partial charge in [-0.2, -0.15) is 0 Å². The molecule has 1 amide bonds. The van der Waals surface area contributed by atoms with Crippen LogP contribution in [0.3, 0.4) is 0 Å². The number of carbonyl (C=O) groups excluding carboxylic acids is 1. The van der Waals surface area contributed by atoms with Crippen molar-refractivity contribution in [1.29, 1.82) is 0 Å². The quantitative estimate of drug-likeness (QED) is 0.788. The number of rotatable bonds is 4. The van der Waals surface area contributed by atoms with Crippen LogP contribution in [0.5, 0.6) is 0 Å². The second-order valence-electron chi connectivity index (χ2n) is 7.08. The molecule has 1 atom stereocenters. The summed E-state index contributed by atoms with van der Waals surface area (Å²) in [6, 6.07) is 3.84. The van der Waals surface area contributed by atoms with Gasteiger partial charge in [0.1, 0.15) is 5.65 Å². The topological polar surface area (TPSA) is 78.7 Å². The van der Waals surface area contributed by atoms with Crippen LogP contribution in [0, 0.1) is 11.8 Å². The molecular weight excluding hydrogens is 304 g/mol. The molecule has 0 spiro atoms. The van der Waals surface area contributed by atoms with Crippen molar-refractivity contribution in [2.24, 2.45) is 11.8 Å². The number of aliphatic hydroxyl groups is 1. The first kappa shape index (κ1) is 15.6. The maximum atomic E-state index is 12.8. The number of fused-ring (bicyclic) bond motifs is 1. The van der Waals surface area contributed by atoms with Crippen LogP contribution in [-0.2, 0) is 0 Å². The van der Waals surface area contributed by atoms with Gasteiger partial charge < -0.3 is 20.1 Å². The lowest BCUT2D eigenvalue weighted by Crippen LogP contribution is -2.52. The minimum absolute atomic E-state index is 0.0319. The van der Waals surface area contributed by atoms with Crippen LogP contribution in [0.4, 0.5) is 0 Å². The first-order valence-electron chi connectivity index (χ1n) is 8.83. The molecule has 128 valence electrons. The van der Waals surface area contributed by atoms with Crippen molar-refractivity contribution in [2.75, 3.05) is 13.1 Å². The van der Waals surface area contributed by atoms with Gasteiger partial charge in [0.25, 0.3) is 5.91 Å². The number of aliphatic hydroxyl groups excluding tert-OH is 1. The van der Waals surface area contributed by atoms with Crippen LogP contribution in [-0.4, -0.2) is 45.6 Å². The summed E-state index contributed by atoms with van der Waals surface area (Å²) in [4.78, 5) is 17.0. The van der Waals surface area contributed by atoms with Crippen molar-refractivity contribution in [2.45, 2.75) is 37.8 Å². The second-order valence-corrected chi connectivity index (χ2v) is 7.08. The zero-order valence-corrected chi connectivity index (χ0v) is 13.7. The molecule has 6 nitrogen and oxygen atoms in total. The average Bonchev–Trinajstić information content (AvgIpc) is 3.05. The number of imidazole rings is 1. The number of amides is 1. The summed E-state index contributed by atoms with van der Waals surface area (Å²) in [6.45, 7) is 2.01. The van der Waals surface area contributed by atoms with Gasteiger partial charge in [0.15, 0.2) is 0 Å². The van der Waals surface area contributed by atoms with Gasteiger partial charge in [0.05, 0.1) is 11.7 Å². The van der Waals surface area contributed by atoms with Crippen LogP contribution in [0.1, 0.15) is 36.0 Å². The third-order valence-corrected chi connectivity index (χ3v) is 5.50. The fourth-order valence-corrected chi connectivity index (χ4v) is 4.04. The third kappa shape index (κ3) is 3.03. The van der Waals surface area contributed by atoms with Crippen LogP contribution < -0.4 is 10.6 Å². The first-order chi connectivity index (χ1) is 11.7. The molecule has 4 rings (SSSR count). The van der Waals surface area contributed by atoms with Gasteiger partial charge in [-0.05, 0) is 62.7 Å². The van der Waals surface area contributed by atoms with Crippen LogP contribution in [0.25, 0.3) is 5.65 Å². The van der Waals surface area contributed by atoms with E-state index in [-0.39, 0.29) is 18.1 Å². The monoisotopic (exact) mass is 328 g/mol. The molecule has 3 heterocycles. The lowest BCUT2D eigenvalue weighted by atomic mass is 9.71. The second kappa shape index (κ2) is 6.53. The molecule has 1 saturated heterocycles. The first-order valence-corrected chi connectivity index (χ1v) is 8.83. The Morgan fingerprint density at radius 2 is 2.08 bits per heavy atom. The smallest absolute Gasteiger partial charge is 0.253 e. The number of nitrogens with one attached hydrogen (secondary N) is 2. The molecule has 6 heteroatoms. The number of hydrogen-bond acceptors (Lipinski definition) is 4. The third-order valence-electron chi connectivity index (χ3n) is 5.50. The molecule has 1 aliphatic carbocycles. The van der Waals surface area contributed by atoms with E-state index in [0.29, 0.717) is 17.4 Å². The van der Waals surface area contributed by atoms with Gasteiger partial charge >= 0.3 is 0 Å². The number of aromatic nitrogens is 2. The maximum absolute atomic E-state index is 12.8. The van der Waals surface area contributed by atoms with E-state index >= 15 is 0 Å². The molecule has 2 aromatic heterocycles. The zero-order valence-electron chi connectivity index (χ0n) is 13.7. The summed E-state index contributed by atoms with van der Waals surface area (Å²) < 4.78 is 1.86. The molecule has 1 aliphatic heterocycles. The predicted octanol–water partition coefficient (Wildman–Crippen LogP) is 1.20. The Morgan fingerprint density at radius 1 is 1.29 bits per heavy atom. The molecule has 2 aromatic rings. The Hall–Kier alpha value is -1.92. The molecule has 2 fully saturated rings. The Morgan fingerprint density at radius 3 is 2.83 bits per heavy atom. The number of hydrogen-bond donors (Lipinski definition) is 3. The molecule has 2 aliphatic rings. The number of nitrogens with zero attached hydrogens (tertiary/aromatic N) is 2. The predicted molar refractivity (Wildman–Crippen MR) is 90.8 cm³/mol. The minimum atomic E-state index is -0.196. The molecular formula is C18H24N4O2. The van der Waals surface area contributed by atoms with E-state index in [1.807, 2.05) is 28.9 Å². The largest absolute Gasteiger partial charge is 0.393 e. The molecule has 24 heavy (non-hydrogen) atoms. The average molecular weight is 328 g/mol. The summed E-state index contributed by atoms with van der Waals surface area (Å²) >= 11 is 0. The van der Waals surface area contributed by atoms with E-state index in [0.717, 1.165) is 44.4 Å². The van der Waals surface area contributed by atoms with E-state index in [4.69, 9.17) is 0 Å². The van der Waals surface area contributed by atoms with Crippen molar-refractivity contribution in [3.8, 4) is 0 Å². The van der Waals surface area contributed by atoms with E-state index in [1.165, 1.54) is 0 Å². The van der Waals surface area contributed by atoms with Gasteiger partial charge in [-0.1, -0.05) is 0 Å². The van der Waals surface area contributed by atoms with E-state index in [9.17, 15) is 9.90 Å². The molecule has 0 bridgehead atoms. The van der Waals surface area contributed by atoms with Crippen LogP contribution >= 0.6 is 0 Å². The lowest BCUT2D eigenvalue weighted by Gasteiger charge is -2.43. The number of piperidine rings is 1. The van der Waals surface area contributed by atoms with Crippen LogP contribution in [0.2, 0.25) is 0 Å². The highest BCUT2D eigenvalue weighted by Gasteiger charge is 2.39. The highest BCUT2D eigenvalue weighted by atomic mass is 16.3. The van der Waals surface area contributed by atoms with Crippen molar-refractivity contribution in [3.05, 3.63) is 36.3 Å². The highest BCUT2D eigenvalue weighted by Crippen LogP contribution is 2.35. The summed E-state index contributed by atoms with van der Waals surface area (Å²) in [5.41, 5.74) is 1.49. The molecule has 0 aromatic carbocycles. The molecule has 1 saturated carbocycles. The SMILES string of the molecule is O=C(NC(C1CCNCC1)C1CC(O)C1)c1ccc2nccn2c1. The van der Waals surface area contributed by atoms with Crippen molar-refractivity contribution >= 4 is 11.6 Å². The van der Waals surface area contributed by atoms with Crippen molar-refractivity contribution < 1.29 is 9.90 Å². The Balaban J connectivity index is 1.51. The summed E-state index contributed by atoms with van der Waals surface area (Å²) in [6.07, 6.45) is 8.97. The number of carbonyl (C=O) groups is 1. The zero-order chi connectivity index (χ0) is 16.5. The summed E-state index contributed by atoms with van der Waals surface area (Å²) in [7, 11) is 0. The fraction of sp³-hybridized carbons (Fsp3) is 0.556. The van der Waals surface area contributed by atoms with Gasteiger partial charge in [-0.15, -0.1) is 0 Å². The standard InChI is InChI=1S/C18H24N4O2/c23-15-9-14(10-15)17(12-3-5-19-6-4-12)21-18(24)13-1-2-16-20-7-8-22(16)11-13/h1-2,7-8,11-12,14-15,17,19,23H,3-6,9-10H2,(H,21,24). The minimum Gasteiger partial charge on any atom is -0.393 e. The fourth-order valence-electron chi connectivity index (χ4n) is 4.04. The van der Waals surface area contributed by atoms with E-state index in [1.54, 1.807) is 6.20 Å². The summed E-state index contributed by atoms with van der Waals surface area (Å²) in [5.74, 6) is 0.851. The molecule has 3 N–H and O–H groups in total.